The van der Waals surface area contributed by atoms with Gasteiger partial charge in [-0.15, -0.1) is 0 Å². The first kappa shape index (κ1) is 21.0. The lowest BCUT2D eigenvalue weighted by molar-refractivity contribution is -0.148. The number of methoxy groups -OCH3 is 1. The molecule has 1 aromatic carbocycles. The molecule has 1 N–H and O–H groups in total. The van der Waals surface area contributed by atoms with Crippen LogP contribution in [0.5, 0.6) is 5.75 Å². The van der Waals surface area contributed by atoms with Crippen LogP contribution < -0.4 is 10.1 Å². The molecule has 0 bridgehead atoms. The number of benzene rings is 1. The molecule has 1 fully saturated rings. The minimum absolute atomic E-state index is 0.0234. The number of amides is 1. The molecule has 2 atom stereocenters. The SMILES string of the molecule is COC(=O)C1CCCCC1CNC(=O)CCCOc1ccc(Br)cc1Cl. The lowest BCUT2D eigenvalue weighted by Gasteiger charge is -2.29. The van der Waals surface area contributed by atoms with Crippen molar-refractivity contribution in [2.24, 2.45) is 11.8 Å². The summed E-state index contributed by atoms with van der Waals surface area (Å²) in [7, 11) is 1.42. The zero-order valence-corrected chi connectivity index (χ0v) is 17.3. The van der Waals surface area contributed by atoms with Gasteiger partial charge >= 0.3 is 5.97 Å². The van der Waals surface area contributed by atoms with Crippen LogP contribution in [0.25, 0.3) is 0 Å². The maximum atomic E-state index is 12.0. The van der Waals surface area contributed by atoms with Crippen molar-refractivity contribution in [2.75, 3.05) is 20.3 Å². The summed E-state index contributed by atoms with van der Waals surface area (Å²) in [5.41, 5.74) is 0. The Hall–Kier alpha value is -1.27. The third kappa shape index (κ3) is 6.47. The van der Waals surface area contributed by atoms with E-state index in [1.165, 1.54) is 7.11 Å². The molecule has 0 aliphatic heterocycles. The largest absolute Gasteiger partial charge is 0.492 e. The van der Waals surface area contributed by atoms with E-state index in [1.54, 1.807) is 12.1 Å². The standard InChI is InChI=1S/C19H25BrClNO4/c1-25-19(24)15-6-3-2-5-13(15)12-22-18(23)7-4-10-26-17-9-8-14(20)11-16(17)21/h8-9,11,13,15H,2-7,10,12H2,1H3,(H,22,23). The molecule has 1 amide bonds. The number of hydrogen-bond acceptors (Lipinski definition) is 4. The molecule has 0 aromatic heterocycles. The highest BCUT2D eigenvalue weighted by atomic mass is 79.9. The highest BCUT2D eigenvalue weighted by molar-refractivity contribution is 9.10. The summed E-state index contributed by atoms with van der Waals surface area (Å²) >= 11 is 9.43. The van der Waals surface area contributed by atoms with E-state index in [0.29, 0.717) is 36.8 Å². The number of esters is 1. The average Bonchev–Trinajstić information content (AvgIpc) is 2.64. The molecule has 0 saturated heterocycles. The van der Waals surface area contributed by atoms with Gasteiger partial charge in [-0.25, -0.2) is 0 Å². The Balaban J connectivity index is 1.67. The number of nitrogens with one attached hydrogen (secondary N) is 1. The Morgan fingerprint density at radius 1 is 1.31 bits per heavy atom. The fraction of sp³-hybridized carbons (Fsp3) is 0.579. The summed E-state index contributed by atoms with van der Waals surface area (Å²) in [5.74, 6) is 0.488. The average molecular weight is 447 g/mol. The van der Waals surface area contributed by atoms with E-state index in [1.807, 2.05) is 6.07 Å². The second kappa shape index (κ2) is 10.8. The van der Waals surface area contributed by atoms with Crippen LogP contribution in [-0.2, 0) is 14.3 Å². The van der Waals surface area contributed by atoms with E-state index in [2.05, 4.69) is 21.2 Å². The van der Waals surface area contributed by atoms with Crippen molar-refractivity contribution in [3.63, 3.8) is 0 Å². The molecule has 5 nitrogen and oxygen atoms in total. The number of ether oxygens (including phenoxy) is 2. The van der Waals surface area contributed by atoms with Gasteiger partial charge in [0.15, 0.2) is 0 Å². The summed E-state index contributed by atoms with van der Waals surface area (Å²) < 4.78 is 11.4. The Kier molecular flexibility index (Phi) is 8.72. The molecule has 1 aromatic rings. The van der Waals surface area contributed by atoms with Gasteiger partial charge in [0.2, 0.25) is 5.91 Å². The quantitative estimate of drug-likeness (QED) is 0.476. The van der Waals surface area contributed by atoms with Crippen molar-refractivity contribution in [3.05, 3.63) is 27.7 Å². The maximum absolute atomic E-state index is 12.0. The number of rotatable bonds is 8. The number of carbonyl (C=O) groups is 2. The van der Waals surface area contributed by atoms with Crippen molar-refractivity contribution < 1.29 is 19.1 Å². The molecule has 7 heteroatoms. The van der Waals surface area contributed by atoms with E-state index in [4.69, 9.17) is 21.1 Å². The predicted molar refractivity (Wildman–Crippen MR) is 104 cm³/mol. The fourth-order valence-corrected chi connectivity index (χ4v) is 3.98. The zero-order chi connectivity index (χ0) is 18.9. The molecule has 1 aliphatic rings. The number of hydrogen-bond donors (Lipinski definition) is 1. The lowest BCUT2D eigenvalue weighted by Crippen LogP contribution is -2.37. The third-order valence-corrected chi connectivity index (χ3v) is 5.46. The fourth-order valence-electron chi connectivity index (χ4n) is 3.25. The first-order valence-corrected chi connectivity index (χ1v) is 10.1. The van der Waals surface area contributed by atoms with Gasteiger partial charge in [-0.1, -0.05) is 40.4 Å². The van der Waals surface area contributed by atoms with Gasteiger partial charge in [0.05, 0.1) is 24.7 Å². The van der Waals surface area contributed by atoms with Crippen LogP contribution in [0.15, 0.2) is 22.7 Å². The highest BCUT2D eigenvalue weighted by Crippen LogP contribution is 2.30. The first-order chi connectivity index (χ1) is 12.5. The van der Waals surface area contributed by atoms with Gasteiger partial charge in [0.1, 0.15) is 5.75 Å². The van der Waals surface area contributed by atoms with Gasteiger partial charge in [0, 0.05) is 17.4 Å². The number of carbonyl (C=O) groups excluding carboxylic acids is 2. The minimum atomic E-state index is -0.163. The smallest absolute Gasteiger partial charge is 0.309 e. The summed E-state index contributed by atoms with van der Waals surface area (Å²) in [4.78, 5) is 23.9. The second-order valence-electron chi connectivity index (χ2n) is 6.51. The van der Waals surface area contributed by atoms with Crippen LogP contribution in [0.3, 0.4) is 0 Å². The van der Waals surface area contributed by atoms with E-state index in [-0.39, 0.29) is 23.7 Å². The molecule has 2 unspecified atom stereocenters. The van der Waals surface area contributed by atoms with Crippen molar-refractivity contribution in [2.45, 2.75) is 38.5 Å². The Morgan fingerprint density at radius 3 is 2.81 bits per heavy atom. The molecule has 1 saturated carbocycles. The van der Waals surface area contributed by atoms with Crippen LogP contribution in [0.2, 0.25) is 5.02 Å². The highest BCUT2D eigenvalue weighted by Gasteiger charge is 2.31. The molecular weight excluding hydrogens is 422 g/mol. The lowest BCUT2D eigenvalue weighted by atomic mass is 9.79. The van der Waals surface area contributed by atoms with E-state index in [9.17, 15) is 9.59 Å². The Labute approximate surface area is 167 Å². The summed E-state index contributed by atoms with van der Waals surface area (Å²) in [6, 6.07) is 5.42. The molecule has 26 heavy (non-hydrogen) atoms. The van der Waals surface area contributed by atoms with Crippen LogP contribution in [0.4, 0.5) is 0 Å². The van der Waals surface area contributed by atoms with Crippen molar-refractivity contribution >= 4 is 39.4 Å². The summed E-state index contributed by atoms with van der Waals surface area (Å²) in [5, 5.41) is 3.48. The minimum Gasteiger partial charge on any atom is -0.492 e. The topological polar surface area (TPSA) is 64.6 Å². The molecule has 0 heterocycles. The second-order valence-corrected chi connectivity index (χ2v) is 7.83. The van der Waals surface area contributed by atoms with Crippen LogP contribution >= 0.6 is 27.5 Å². The van der Waals surface area contributed by atoms with Crippen LogP contribution in [0, 0.1) is 11.8 Å². The predicted octanol–water partition coefficient (Wildman–Crippen LogP) is 4.36. The van der Waals surface area contributed by atoms with Crippen LogP contribution in [-0.4, -0.2) is 32.1 Å². The molecule has 2 rings (SSSR count). The molecule has 1 aliphatic carbocycles. The van der Waals surface area contributed by atoms with Crippen molar-refractivity contribution in [1.29, 1.82) is 0 Å². The van der Waals surface area contributed by atoms with Crippen molar-refractivity contribution in [1.82, 2.24) is 5.32 Å². The Bertz CT molecular complexity index is 626. The third-order valence-electron chi connectivity index (χ3n) is 4.67. The monoisotopic (exact) mass is 445 g/mol. The van der Waals surface area contributed by atoms with Gasteiger partial charge < -0.3 is 14.8 Å². The number of halogens is 2. The first-order valence-electron chi connectivity index (χ1n) is 8.93. The van der Waals surface area contributed by atoms with Gasteiger partial charge in [-0.3, -0.25) is 9.59 Å². The molecule has 144 valence electrons. The molecule has 0 radical (unpaired) electrons. The van der Waals surface area contributed by atoms with E-state index < -0.39 is 0 Å². The van der Waals surface area contributed by atoms with E-state index in [0.717, 1.165) is 30.2 Å². The summed E-state index contributed by atoms with van der Waals surface area (Å²) in [6.45, 7) is 0.945. The Morgan fingerprint density at radius 2 is 2.08 bits per heavy atom. The van der Waals surface area contributed by atoms with Gasteiger partial charge in [-0.2, -0.15) is 0 Å². The van der Waals surface area contributed by atoms with Crippen molar-refractivity contribution in [3.8, 4) is 5.75 Å². The normalized spacial score (nSPS) is 19.7. The maximum Gasteiger partial charge on any atom is 0.309 e. The van der Waals surface area contributed by atoms with Gasteiger partial charge in [-0.05, 0) is 43.4 Å². The summed E-state index contributed by atoms with van der Waals surface area (Å²) in [6.07, 6.45) is 4.91. The molecule has 0 spiro atoms. The zero-order valence-electron chi connectivity index (χ0n) is 14.9. The van der Waals surface area contributed by atoms with Crippen LogP contribution in [0.1, 0.15) is 38.5 Å². The van der Waals surface area contributed by atoms with Gasteiger partial charge in [0.25, 0.3) is 0 Å². The molecular formula is C19H25BrClNO4. The van der Waals surface area contributed by atoms with E-state index >= 15 is 0 Å².